The Morgan fingerprint density at radius 3 is 2.62 bits per heavy atom. The average Bonchev–Trinajstić information content (AvgIpc) is 2.33. The molecule has 0 saturated carbocycles. The molecule has 0 fully saturated rings. The highest BCUT2D eigenvalue weighted by molar-refractivity contribution is 6.30. The molecule has 0 aliphatic carbocycles. The second kappa shape index (κ2) is 4.96. The van der Waals surface area contributed by atoms with Gasteiger partial charge in [-0.15, -0.1) is 0 Å². The third-order valence-corrected chi connectivity index (χ3v) is 2.38. The molecule has 0 spiro atoms. The smallest absolute Gasteiger partial charge is 0.150 e. The van der Waals surface area contributed by atoms with E-state index in [9.17, 15) is 0 Å². The summed E-state index contributed by atoms with van der Waals surface area (Å²) in [6, 6.07) is 8.99. The van der Waals surface area contributed by atoms with E-state index in [1.165, 1.54) is 0 Å². The van der Waals surface area contributed by atoms with E-state index in [1.807, 2.05) is 6.07 Å². The number of rotatable bonds is 3. The zero-order chi connectivity index (χ0) is 11.4. The lowest BCUT2D eigenvalue weighted by Crippen LogP contribution is -1.99. The van der Waals surface area contributed by atoms with Crippen LogP contribution in [0.15, 0.2) is 42.7 Å². The molecular formula is C12H11ClN2O. The van der Waals surface area contributed by atoms with Crippen molar-refractivity contribution < 1.29 is 4.74 Å². The highest BCUT2D eigenvalue weighted by atomic mass is 35.5. The number of nitrogens with two attached hydrogens (primary N) is 1. The summed E-state index contributed by atoms with van der Waals surface area (Å²) in [6.07, 6.45) is 3.34. The monoisotopic (exact) mass is 234 g/mol. The van der Waals surface area contributed by atoms with Crippen LogP contribution in [0.1, 0.15) is 5.56 Å². The van der Waals surface area contributed by atoms with Gasteiger partial charge < -0.3 is 10.5 Å². The van der Waals surface area contributed by atoms with Gasteiger partial charge in [0.05, 0.1) is 6.20 Å². The number of pyridine rings is 1. The third-order valence-electron chi connectivity index (χ3n) is 2.13. The van der Waals surface area contributed by atoms with Crippen molar-refractivity contribution in [1.29, 1.82) is 0 Å². The molecule has 1 aromatic heterocycles. The van der Waals surface area contributed by atoms with Crippen LogP contribution < -0.4 is 10.5 Å². The molecule has 0 aliphatic rings. The summed E-state index contributed by atoms with van der Waals surface area (Å²) in [4.78, 5) is 4.00. The Bertz CT molecular complexity index is 471. The van der Waals surface area contributed by atoms with Crippen molar-refractivity contribution in [1.82, 2.24) is 4.98 Å². The lowest BCUT2D eigenvalue weighted by Gasteiger charge is -2.08. The van der Waals surface area contributed by atoms with Crippen molar-refractivity contribution in [2.24, 2.45) is 5.73 Å². The predicted octanol–water partition coefficient (Wildman–Crippen LogP) is 2.99. The van der Waals surface area contributed by atoms with Gasteiger partial charge in [-0.05, 0) is 30.3 Å². The van der Waals surface area contributed by atoms with E-state index in [0.29, 0.717) is 23.1 Å². The SMILES string of the molecule is NCc1ccncc1Oc1ccc(Cl)cc1. The predicted molar refractivity (Wildman–Crippen MR) is 63.7 cm³/mol. The van der Waals surface area contributed by atoms with Crippen LogP contribution in [0.5, 0.6) is 11.5 Å². The zero-order valence-electron chi connectivity index (χ0n) is 8.56. The summed E-state index contributed by atoms with van der Waals surface area (Å²) in [5.74, 6) is 1.39. The Morgan fingerprint density at radius 2 is 1.94 bits per heavy atom. The number of aromatic nitrogens is 1. The van der Waals surface area contributed by atoms with Crippen molar-refractivity contribution in [3.05, 3.63) is 53.3 Å². The lowest BCUT2D eigenvalue weighted by molar-refractivity contribution is 0.474. The first-order chi connectivity index (χ1) is 7.79. The maximum absolute atomic E-state index is 5.79. The average molecular weight is 235 g/mol. The van der Waals surface area contributed by atoms with E-state index in [4.69, 9.17) is 22.1 Å². The van der Waals surface area contributed by atoms with Gasteiger partial charge in [0, 0.05) is 23.3 Å². The minimum absolute atomic E-state index is 0.422. The maximum atomic E-state index is 5.79. The number of hydrogen-bond donors (Lipinski definition) is 1. The molecule has 0 amide bonds. The largest absolute Gasteiger partial charge is 0.455 e. The molecular weight excluding hydrogens is 224 g/mol. The van der Waals surface area contributed by atoms with Gasteiger partial charge in [-0.1, -0.05) is 11.6 Å². The molecule has 82 valence electrons. The van der Waals surface area contributed by atoms with E-state index in [2.05, 4.69) is 4.98 Å². The van der Waals surface area contributed by atoms with Gasteiger partial charge in [-0.2, -0.15) is 0 Å². The summed E-state index contributed by atoms with van der Waals surface area (Å²) in [6.45, 7) is 0.422. The molecule has 2 rings (SSSR count). The van der Waals surface area contributed by atoms with Crippen molar-refractivity contribution >= 4 is 11.6 Å². The molecule has 16 heavy (non-hydrogen) atoms. The van der Waals surface area contributed by atoms with Crippen LogP contribution in [0.2, 0.25) is 5.02 Å². The van der Waals surface area contributed by atoms with Crippen molar-refractivity contribution in [3.8, 4) is 11.5 Å². The Labute approximate surface area is 98.8 Å². The van der Waals surface area contributed by atoms with Gasteiger partial charge in [-0.25, -0.2) is 0 Å². The number of ether oxygens (including phenoxy) is 1. The zero-order valence-corrected chi connectivity index (χ0v) is 9.32. The lowest BCUT2D eigenvalue weighted by atomic mass is 10.2. The molecule has 1 aromatic carbocycles. The summed E-state index contributed by atoms with van der Waals surface area (Å²) < 4.78 is 5.65. The summed E-state index contributed by atoms with van der Waals surface area (Å²) >= 11 is 5.79. The van der Waals surface area contributed by atoms with Gasteiger partial charge in [0.25, 0.3) is 0 Å². The first kappa shape index (κ1) is 10.9. The van der Waals surface area contributed by atoms with E-state index in [0.717, 1.165) is 5.56 Å². The first-order valence-electron chi connectivity index (χ1n) is 4.86. The van der Waals surface area contributed by atoms with E-state index in [-0.39, 0.29) is 0 Å². The second-order valence-electron chi connectivity index (χ2n) is 3.24. The third kappa shape index (κ3) is 2.51. The van der Waals surface area contributed by atoms with Crippen LogP contribution in [0.4, 0.5) is 0 Å². The maximum Gasteiger partial charge on any atom is 0.150 e. The molecule has 0 unspecified atom stereocenters. The number of hydrogen-bond acceptors (Lipinski definition) is 3. The molecule has 2 aromatic rings. The molecule has 0 radical (unpaired) electrons. The summed E-state index contributed by atoms with van der Waals surface area (Å²) in [7, 11) is 0. The van der Waals surface area contributed by atoms with Gasteiger partial charge in [0.15, 0.2) is 0 Å². The standard InChI is InChI=1S/C12H11ClN2O/c13-10-1-3-11(4-2-10)16-12-8-15-6-5-9(12)7-14/h1-6,8H,7,14H2. The molecule has 0 atom stereocenters. The fraction of sp³-hybridized carbons (Fsp3) is 0.0833. The Hall–Kier alpha value is -1.58. The van der Waals surface area contributed by atoms with E-state index < -0.39 is 0 Å². The van der Waals surface area contributed by atoms with E-state index >= 15 is 0 Å². The van der Waals surface area contributed by atoms with Gasteiger partial charge in [-0.3, -0.25) is 4.98 Å². The topological polar surface area (TPSA) is 48.1 Å². The van der Waals surface area contributed by atoms with Crippen molar-refractivity contribution in [2.45, 2.75) is 6.54 Å². The fourth-order valence-electron chi connectivity index (χ4n) is 1.30. The Kier molecular flexibility index (Phi) is 3.39. The summed E-state index contributed by atoms with van der Waals surface area (Å²) in [5, 5.41) is 0.678. The van der Waals surface area contributed by atoms with Gasteiger partial charge >= 0.3 is 0 Å². The summed E-state index contributed by atoms with van der Waals surface area (Å²) in [5.41, 5.74) is 6.52. The molecule has 3 nitrogen and oxygen atoms in total. The molecule has 0 saturated heterocycles. The minimum atomic E-state index is 0.422. The number of benzene rings is 1. The molecule has 1 heterocycles. The second-order valence-corrected chi connectivity index (χ2v) is 3.68. The van der Waals surface area contributed by atoms with Crippen LogP contribution in [-0.2, 0) is 6.54 Å². The first-order valence-corrected chi connectivity index (χ1v) is 5.24. The van der Waals surface area contributed by atoms with Gasteiger partial charge in [0.2, 0.25) is 0 Å². The van der Waals surface area contributed by atoms with Gasteiger partial charge in [0.1, 0.15) is 11.5 Å². The quantitative estimate of drug-likeness (QED) is 0.888. The fourth-order valence-corrected chi connectivity index (χ4v) is 1.42. The minimum Gasteiger partial charge on any atom is -0.455 e. The molecule has 2 N–H and O–H groups in total. The van der Waals surface area contributed by atoms with Crippen molar-refractivity contribution in [2.75, 3.05) is 0 Å². The van der Waals surface area contributed by atoms with E-state index in [1.54, 1.807) is 36.7 Å². The number of halogens is 1. The van der Waals surface area contributed by atoms with Crippen LogP contribution in [0, 0.1) is 0 Å². The highest BCUT2D eigenvalue weighted by Gasteiger charge is 2.03. The van der Waals surface area contributed by atoms with Crippen LogP contribution >= 0.6 is 11.6 Å². The number of nitrogens with zero attached hydrogens (tertiary/aromatic N) is 1. The van der Waals surface area contributed by atoms with Crippen LogP contribution in [-0.4, -0.2) is 4.98 Å². The molecule has 0 bridgehead atoms. The van der Waals surface area contributed by atoms with Crippen LogP contribution in [0.3, 0.4) is 0 Å². The Balaban J connectivity index is 2.23. The molecule has 0 aliphatic heterocycles. The van der Waals surface area contributed by atoms with Crippen molar-refractivity contribution in [3.63, 3.8) is 0 Å². The Morgan fingerprint density at radius 1 is 1.19 bits per heavy atom. The molecule has 4 heteroatoms. The normalized spacial score (nSPS) is 10.1. The highest BCUT2D eigenvalue weighted by Crippen LogP contribution is 2.25. The van der Waals surface area contributed by atoms with Crippen LogP contribution in [0.25, 0.3) is 0 Å².